The van der Waals surface area contributed by atoms with Crippen LogP contribution in [0.5, 0.6) is 0 Å². The maximum Gasteiger partial charge on any atom is 0.293 e. The molecule has 1 aromatic carbocycles. The molecule has 1 saturated heterocycles. The van der Waals surface area contributed by atoms with E-state index in [9.17, 15) is 9.59 Å². The fourth-order valence-corrected chi connectivity index (χ4v) is 3.48. The zero-order valence-electron chi connectivity index (χ0n) is 11.4. The summed E-state index contributed by atoms with van der Waals surface area (Å²) in [5, 5.41) is 3.69. The molecule has 3 rings (SSSR count). The van der Waals surface area contributed by atoms with Gasteiger partial charge in [-0.1, -0.05) is 29.8 Å². The molecule has 2 amide bonds. The van der Waals surface area contributed by atoms with E-state index in [1.165, 1.54) is 4.90 Å². The summed E-state index contributed by atoms with van der Waals surface area (Å²) in [5.74, 6) is -0.211. The van der Waals surface area contributed by atoms with Gasteiger partial charge >= 0.3 is 0 Å². The van der Waals surface area contributed by atoms with Gasteiger partial charge in [0.2, 0.25) is 0 Å². The highest BCUT2D eigenvalue weighted by molar-refractivity contribution is 8.18. The number of carbonyl (C=O) groups is 2. The number of benzene rings is 1. The summed E-state index contributed by atoms with van der Waals surface area (Å²) < 4.78 is 0. The minimum absolute atomic E-state index is 0.206. The average Bonchev–Trinajstić information content (AvgIpc) is 3.06. The molecule has 1 aromatic heterocycles. The summed E-state index contributed by atoms with van der Waals surface area (Å²) in [7, 11) is 0. The third-order valence-electron chi connectivity index (χ3n) is 3.18. The molecule has 1 aliphatic rings. The van der Waals surface area contributed by atoms with Crippen molar-refractivity contribution in [3.63, 3.8) is 0 Å². The van der Waals surface area contributed by atoms with Gasteiger partial charge in [0.15, 0.2) is 0 Å². The van der Waals surface area contributed by atoms with Crippen LogP contribution in [0, 0.1) is 6.92 Å². The zero-order chi connectivity index (χ0) is 14.8. The van der Waals surface area contributed by atoms with Crippen molar-refractivity contribution in [2.45, 2.75) is 13.5 Å². The van der Waals surface area contributed by atoms with Gasteiger partial charge in [0.1, 0.15) is 0 Å². The standard InChI is InChI=1S/C16H13NO2S2/c1-11-2-4-12(5-3-11)9-17-15(18)14(21-16(17)19)8-13-6-7-20-10-13/h2-8,10H,9H2,1H3/b14-8-. The van der Waals surface area contributed by atoms with Crippen LogP contribution in [0.1, 0.15) is 16.7 Å². The highest BCUT2D eigenvalue weighted by Gasteiger charge is 2.34. The maximum absolute atomic E-state index is 12.3. The fourth-order valence-electron chi connectivity index (χ4n) is 2.02. The van der Waals surface area contributed by atoms with E-state index in [4.69, 9.17) is 0 Å². The summed E-state index contributed by atoms with van der Waals surface area (Å²) in [6.07, 6.45) is 1.77. The highest BCUT2D eigenvalue weighted by Crippen LogP contribution is 2.33. The molecule has 5 heteroatoms. The van der Waals surface area contributed by atoms with Gasteiger partial charge in [-0.3, -0.25) is 14.5 Å². The van der Waals surface area contributed by atoms with Gasteiger partial charge in [-0.15, -0.1) is 0 Å². The molecule has 1 fully saturated rings. The molecule has 0 atom stereocenters. The molecular formula is C16H13NO2S2. The van der Waals surface area contributed by atoms with E-state index >= 15 is 0 Å². The first-order valence-electron chi connectivity index (χ1n) is 6.46. The number of imide groups is 1. The van der Waals surface area contributed by atoms with E-state index < -0.39 is 0 Å². The molecule has 2 heterocycles. The Morgan fingerprint density at radius 2 is 1.90 bits per heavy atom. The first-order chi connectivity index (χ1) is 10.1. The van der Waals surface area contributed by atoms with Crippen LogP contribution in [-0.2, 0) is 11.3 Å². The molecule has 0 unspecified atom stereocenters. The lowest BCUT2D eigenvalue weighted by molar-refractivity contribution is -0.123. The van der Waals surface area contributed by atoms with Crippen molar-refractivity contribution in [1.29, 1.82) is 0 Å². The smallest absolute Gasteiger partial charge is 0.268 e. The molecule has 0 bridgehead atoms. The van der Waals surface area contributed by atoms with Crippen molar-refractivity contribution < 1.29 is 9.59 Å². The van der Waals surface area contributed by atoms with Gasteiger partial charge in [0.25, 0.3) is 11.1 Å². The van der Waals surface area contributed by atoms with Crippen molar-refractivity contribution >= 4 is 40.3 Å². The summed E-state index contributed by atoms with van der Waals surface area (Å²) in [5.41, 5.74) is 3.07. The minimum atomic E-state index is -0.211. The fraction of sp³-hybridized carbons (Fsp3) is 0.125. The molecule has 106 valence electrons. The Morgan fingerprint density at radius 1 is 1.14 bits per heavy atom. The maximum atomic E-state index is 12.3. The van der Waals surface area contributed by atoms with E-state index in [1.807, 2.05) is 48.0 Å². The van der Waals surface area contributed by atoms with Gasteiger partial charge in [0, 0.05) is 0 Å². The van der Waals surface area contributed by atoms with Crippen LogP contribution in [0.2, 0.25) is 0 Å². The van der Waals surface area contributed by atoms with Crippen molar-refractivity contribution in [2.75, 3.05) is 0 Å². The van der Waals surface area contributed by atoms with E-state index in [1.54, 1.807) is 17.4 Å². The normalized spacial score (nSPS) is 17.0. The number of hydrogen-bond donors (Lipinski definition) is 0. The number of carbonyl (C=O) groups excluding carboxylic acids is 2. The summed E-state index contributed by atoms with van der Waals surface area (Å²) in [6.45, 7) is 2.33. The van der Waals surface area contributed by atoms with Crippen LogP contribution in [0.4, 0.5) is 4.79 Å². The lowest BCUT2D eigenvalue weighted by Gasteiger charge is -2.12. The predicted octanol–water partition coefficient (Wildman–Crippen LogP) is 4.29. The Labute approximate surface area is 131 Å². The summed E-state index contributed by atoms with van der Waals surface area (Å²) in [6, 6.07) is 9.78. The Morgan fingerprint density at radius 3 is 2.57 bits per heavy atom. The molecule has 0 aliphatic carbocycles. The van der Waals surface area contributed by atoms with E-state index in [0.29, 0.717) is 11.4 Å². The lowest BCUT2D eigenvalue weighted by Crippen LogP contribution is -2.27. The zero-order valence-corrected chi connectivity index (χ0v) is 13.0. The van der Waals surface area contributed by atoms with Crippen LogP contribution in [-0.4, -0.2) is 16.0 Å². The quantitative estimate of drug-likeness (QED) is 0.793. The van der Waals surface area contributed by atoms with E-state index in [0.717, 1.165) is 28.5 Å². The van der Waals surface area contributed by atoms with Gasteiger partial charge in [0.05, 0.1) is 11.4 Å². The molecule has 3 nitrogen and oxygen atoms in total. The largest absolute Gasteiger partial charge is 0.293 e. The highest BCUT2D eigenvalue weighted by atomic mass is 32.2. The molecule has 2 aromatic rings. The van der Waals surface area contributed by atoms with Crippen molar-refractivity contribution in [2.24, 2.45) is 0 Å². The summed E-state index contributed by atoms with van der Waals surface area (Å²) >= 11 is 2.57. The topological polar surface area (TPSA) is 37.4 Å². The van der Waals surface area contributed by atoms with Gasteiger partial charge < -0.3 is 0 Å². The Hall–Kier alpha value is -1.85. The molecular weight excluding hydrogens is 302 g/mol. The molecule has 0 saturated carbocycles. The second-order valence-corrected chi connectivity index (χ2v) is 6.58. The molecule has 21 heavy (non-hydrogen) atoms. The van der Waals surface area contributed by atoms with E-state index in [-0.39, 0.29) is 11.1 Å². The Kier molecular flexibility index (Phi) is 3.94. The number of rotatable bonds is 3. The number of amides is 2. The molecule has 0 radical (unpaired) electrons. The number of hydrogen-bond acceptors (Lipinski definition) is 4. The summed E-state index contributed by atoms with van der Waals surface area (Å²) in [4.78, 5) is 26.1. The number of nitrogens with zero attached hydrogens (tertiary/aromatic N) is 1. The minimum Gasteiger partial charge on any atom is -0.268 e. The Bertz CT molecular complexity index is 702. The predicted molar refractivity (Wildman–Crippen MR) is 87.0 cm³/mol. The van der Waals surface area contributed by atoms with Crippen LogP contribution >= 0.6 is 23.1 Å². The van der Waals surface area contributed by atoms with Crippen molar-refractivity contribution in [3.05, 3.63) is 62.7 Å². The second kappa shape index (κ2) is 5.87. The van der Waals surface area contributed by atoms with Crippen molar-refractivity contribution in [3.8, 4) is 0 Å². The van der Waals surface area contributed by atoms with Gasteiger partial charge in [-0.2, -0.15) is 11.3 Å². The van der Waals surface area contributed by atoms with Crippen LogP contribution in [0.25, 0.3) is 6.08 Å². The SMILES string of the molecule is Cc1ccc(CN2C(=O)S/C(=C\c3ccsc3)C2=O)cc1. The van der Waals surface area contributed by atoms with Gasteiger partial charge in [-0.25, -0.2) is 0 Å². The monoisotopic (exact) mass is 315 g/mol. The first kappa shape index (κ1) is 14.1. The number of thioether (sulfide) groups is 1. The lowest BCUT2D eigenvalue weighted by atomic mass is 10.1. The van der Waals surface area contributed by atoms with Crippen LogP contribution in [0.15, 0.2) is 46.0 Å². The van der Waals surface area contributed by atoms with Crippen LogP contribution in [0.3, 0.4) is 0 Å². The van der Waals surface area contributed by atoms with Crippen molar-refractivity contribution in [1.82, 2.24) is 4.90 Å². The average molecular weight is 315 g/mol. The van der Waals surface area contributed by atoms with E-state index in [2.05, 4.69) is 0 Å². The number of thiophene rings is 1. The van der Waals surface area contributed by atoms with Gasteiger partial charge in [-0.05, 0) is 52.7 Å². The second-order valence-electron chi connectivity index (χ2n) is 4.81. The third kappa shape index (κ3) is 3.09. The number of aryl methyl sites for hydroxylation is 1. The molecule has 0 spiro atoms. The Balaban J connectivity index is 1.79. The molecule has 1 aliphatic heterocycles. The van der Waals surface area contributed by atoms with Crippen LogP contribution < -0.4 is 0 Å². The third-order valence-corrected chi connectivity index (χ3v) is 4.78. The first-order valence-corrected chi connectivity index (χ1v) is 8.22. The molecule has 0 N–H and O–H groups in total.